The van der Waals surface area contributed by atoms with Gasteiger partial charge >= 0.3 is 0 Å². The molecular formula is C9H13N3O2S. The number of hydrogen-bond acceptors (Lipinski definition) is 4. The Bertz CT molecular complexity index is 480. The molecule has 0 heterocycles. The molecule has 0 unspecified atom stereocenters. The minimum atomic E-state index is -3.72. The van der Waals surface area contributed by atoms with E-state index in [4.69, 9.17) is 10.9 Å². The molecule has 2 rings (SSSR count). The molecule has 5 nitrogen and oxygen atoms in total. The number of sulfonamides is 1. The van der Waals surface area contributed by atoms with E-state index >= 15 is 0 Å². The molecule has 1 aromatic rings. The minimum Gasteiger partial charge on any atom is -0.398 e. The molecule has 0 aromatic heterocycles. The maximum Gasteiger partial charge on any atom is 0.240 e. The fourth-order valence-corrected chi connectivity index (χ4v) is 2.01. The molecule has 5 N–H and O–H groups in total. The molecule has 1 aliphatic carbocycles. The Labute approximate surface area is 88.5 Å². The first kappa shape index (κ1) is 10.3. The lowest BCUT2D eigenvalue weighted by atomic mass is 10.3. The number of nitrogens with one attached hydrogen (secondary N) is 1. The second kappa shape index (κ2) is 3.39. The van der Waals surface area contributed by atoms with Crippen molar-refractivity contribution in [3.8, 4) is 0 Å². The van der Waals surface area contributed by atoms with Gasteiger partial charge in [-0.3, -0.25) is 0 Å². The Balaban J connectivity index is 2.29. The molecule has 82 valence electrons. The number of nitrogens with two attached hydrogens (primary N) is 2. The monoisotopic (exact) mass is 227 g/mol. The molecule has 1 aliphatic rings. The van der Waals surface area contributed by atoms with Gasteiger partial charge in [-0.2, -0.15) is 0 Å². The van der Waals surface area contributed by atoms with E-state index in [2.05, 4.69) is 5.32 Å². The highest BCUT2D eigenvalue weighted by atomic mass is 32.2. The zero-order chi connectivity index (χ0) is 11.1. The van der Waals surface area contributed by atoms with Crippen LogP contribution in [0.4, 0.5) is 11.4 Å². The van der Waals surface area contributed by atoms with Crippen molar-refractivity contribution in [1.29, 1.82) is 0 Å². The van der Waals surface area contributed by atoms with E-state index in [1.54, 1.807) is 12.1 Å². The van der Waals surface area contributed by atoms with Crippen LogP contribution in [0, 0.1) is 0 Å². The number of hydrogen-bond donors (Lipinski definition) is 3. The van der Waals surface area contributed by atoms with Crippen molar-refractivity contribution in [1.82, 2.24) is 0 Å². The van der Waals surface area contributed by atoms with E-state index in [-0.39, 0.29) is 10.6 Å². The van der Waals surface area contributed by atoms with Crippen LogP contribution in [0.1, 0.15) is 12.8 Å². The first-order valence-corrected chi connectivity index (χ1v) is 6.20. The summed E-state index contributed by atoms with van der Waals surface area (Å²) < 4.78 is 22.2. The van der Waals surface area contributed by atoms with E-state index in [0.29, 0.717) is 6.04 Å². The fourth-order valence-electron chi connectivity index (χ4n) is 1.36. The highest BCUT2D eigenvalue weighted by Gasteiger charge is 2.21. The Kier molecular flexibility index (Phi) is 2.32. The Hall–Kier alpha value is -1.27. The van der Waals surface area contributed by atoms with Gasteiger partial charge in [0.15, 0.2) is 0 Å². The Morgan fingerprint density at radius 2 is 2.00 bits per heavy atom. The number of benzene rings is 1. The summed E-state index contributed by atoms with van der Waals surface area (Å²) in [7, 11) is -3.72. The third-order valence-corrected chi connectivity index (χ3v) is 3.25. The van der Waals surface area contributed by atoms with Crippen LogP contribution < -0.4 is 16.2 Å². The maximum absolute atomic E-state index is 11.1. The van der Waals surface area contributed by atoms with Gasteiger partial charge in [0.2, 0.25) is 10.0 Å². The summed E-state index contributed by atoms with van der Waals surface area (Å²) in [6.07, 6.45) is 2.30. The SMILES string of the molecule is Nc1cc(NC2CC2)ccc1S(N)(=O)=O. The van der Waals surface area contributed by atoms with Gasteiger partial charge in [0.05, 0.1) is 5.69 Å². The molecule has 15 heavy (non-hydrogen) atoms. The standard InChI is InChI=1S/C9H13N3O2S/c10-8-5-7(12-6-1-2-6)3-4-9(8)15(11,13)14/h3-6,12H,1-2,10H2,(H2,11,13,14). The third kappa shape index (κ3) is 2.40. The summed E-state index contributed by atoms with van der Waals surface area (Å²) in [4.78, 5) is -0.0242. The van der Waals surface area contributed by atoms with Gasteiger partial charge in [0, 0.05) is 11.7 Å². The van der Waals surface area contributed by atoms with Crippen molar-refractivity contribution in [3.63, 3.8) is 0 Å². The lowest BCUT2D eigenvalue weighted by Gasteiger charge is -2.08. The molecule has 0 amide bonds. The van der Waals surface area contributed by atoms with E-state index in [1.807, 2.05) is 0 Å². The van der Waals surface area contributed by atoms with Crippen molar-refractivity contribution >= 4 is 21.4 Å². The highest BCUT2D eigenvalue weighted by molar-refractivity contribution is 7.89. The molecule has 1 fully saturated rings. The molecule has 0 radical (unpaired) electrons. The van der Waals surface area contributed by atoms with Crippen LogP contribution in [0.25, 0.3) is 0 Å². The topological polar surface area (TPSA) is 98.2 Å². The van der Waals surface area contributed by atoms with Crippen LogP contribution >= 0.6 is 0 Å². The largest absolute Gasteiger partial charge is 0.398 e. The fraction of sp³-hybridized carbons (Fsp3) is 0.333. The first-order valence-electron chi connectivity index (χ1n) is 4.66. The minimum absolute atomic E-state index is 0.0242. The van der Waals surface area contributed by atoms with Crippen LogP contribution in [0.15, 0.2) is 23.1 Å². The van der Waals surface area contributed by atoms with Gasteiger partial charge in [0.25, 0.3) is 0 Å². The average molecular weight is 227 g/mol. The summed E-state index contributed by atoms with van der Waals surface area (Å²) in [5.41, 5.74) is 6.62. The lowest BCUT2D eigenvalue weighted by Crippen LogP contribution is -2.14. The van der Waals surface area contributed by atoms with Crippen LogP contribution in [0.5, 0.6) is 0 Å². The molecule has 0 saturated heterocycles. The van der Waals surface area contributed by atoms with Gasteiger partial charge in [-0.15, -0.1) is 0 Å². The maximum atomic E-state index is 11.1. The molecule has 0 atom stereocenters. The van der Waals surface area contributed by atoms with E-state index in [0.717, 1.165) is 18.5 Å². The molecule has 0 bridgehead atoms. The number of nitrogen functional groups attached to an aromatic ring is 1. The first-order chi connectivity index (χ1) is 6.97. The summed E-state index contributed by atoms with van der Waals surface area (Å²) in [6, 6.07) is 5.20. The van der Waals surface area contributed by atoms with Crippen molar-refractivity contribution < 1.29 is 8.42 Å². The molecule has 1 aromatic carbocycles. The molecule has 0 aliphatic heterocycles. The summed E-state index contributed by atoms with van der Waals surface area (Å²) >= 11 is 0. The number of primary sulfonamides is 1. The van der Waals surface area contributed by atoms with Gasteiger partial charge in [-0.25, -0.2) is 13.6 Å². The average Bonchev–Trinajstić information content (AvgIpc) is 2.85. The molecule has 1 saturated carbocycles. The smallest absolute Gasteiger partial charge is 0.240 e. The van der Waals surface area contributed by atoms with E-state index in [1.165, 1.54) is 6.07 Å². The van der Waals surface area contributed by atoms with Gasteiger partial charge in [-0.1, -0.05) is 0 Å². The Morgan fingerprint density at radius 1 is 1.33 bits per heavy atom. The van der Waals surface area contributed by atoms with Crippen LogP contribution in [0.3, 0.4) is 0 Å². The normalized spacial score (nSPS) is 16.3. The molecule has 6 heteroatoms. The van der Waals surface area contributed by atoms with E-state index in [9.17, 15) is 8.42 Å². The van der Waals surface area contributed by atoms with Crippen LogP contribution in [-0.2, 0) is 10.0 Å². The van der Waals surface area contributed by atoms with Crippen molar-refractivity contribution in [3.05, 3.63) is 18.2 Å². The van der Waals surface area contributed by atoms with Gasteiger partial charge in [-0.05, 0) is 31.0 Å². The predicted molar refractivity (Wildman–Crippen MR) is 58.9 cm³/mol. The Morgan fingerprint density at radius 3 is 2.47 bits per heavy atom. The second-order valence-electron chi connectivity index (χ2n) is 3.72. The van der Waals surface area contributed by atoms with Gasteiger partial charge in [0.1, 0.15) is 4.90 Å². The summed E-state index contributed by atoms with van der Waals surface area (Å²) in [5, 5.41) is 8.21. The molecule has 0 spiro atoms. The lowest BCUT2D eigenvalue weighted by molar-refractivity contribution is 0.598. The van der Waals surface area contributed by atoms with Crippen LogP contribution in [-0.4, -0.2) is 14.5 Å². The third-order valence-electron chi connectivity index (χ3n) is 2.26. The van der Waals surface area contributed by atoms with Crippen LogP contribution in [0.2, 0.25) is 0 Å². The van der Waals surface area contributed by atoms with Crippen molar-refractivity contribution in [2.24, 2.45) is 5.14 Å². The van der Waals surface area contributed by atoms with Crippen molar-refractivity contribution in [2.75, 3.05) is 11.1 Å². The predicted octanol–water partition coefficient (Wildman–Crippen LogP) is 0.491. The zero-order valence-corrected chi connectivity index (χ0v) is 8.92. The highest BCUT2D eigenvalue weighted by Crippen LogP contribution is 2.27. The van der Waals surface area contributed by atoms with E-state index < -0.39 is 10.0 Å². The summed E-state index contributed by atoms with van der Waals surface area (Å²) in [5.74, 6) is 0. The zero-order valence-electron chi connectivity index (χ0n) is 8.10. The quantitative estimate of drug-likeness (QED) is 0.654. The number of anilines is 2. The molecular weight excluding hydrogens is 214 g/mol. The summed E-state index contributed by atoms with van der Waals surface area (Å²) in [6.45, 7) is 0. The number of rotatable bonds is 3. The van der Waals surface area contributed by atoms with Gasteiger partial charge < -0.3 is 11.1 Å². The second-order valence-corrected chi connectivity index (χ2v) is 5.25. The van der Waals surface area contributed by atoms with Crippen molar-refractivity contribution in [2.45, 2.75) is 23.8 Å².